The van der Waals surface area contributed by atoms with Crippen molar-refractivity contribution in [2.24, 2.45) is 0 Å². The fraction of sp³-hybridized carbons (Fsp3) is 0.533. The molecule has 1 N–H and O–H groups in total. The molecule has 1 aromatic rings. The highest BCUT2D eigenvalue weighted by atomic mass is 16.6. The Bertz CT molecular complexity index is 396. The van der Waals surface area contributed by atoms with Gasteiger partial charge in [0.05, 0.1) is 6.04 Å². The van der Waals surface area contributed by atoms with Crippen LogP contribution in [0.4, 0.5) is 4.79 Å². The summed E-state index contributed by atoms with van der Waals surface area (Å²) in [5, 5.41) is 2.82. The summed E-state index contributed by atoms with van der Waals surface area (Å²) < 4.78 is 5.24. The van der Waals surface area contributed by atoms with Gasteiger partial charge < -0.3 is 15.0 Å². The number of hydrogen-bond donors (Lipinski definition) is 1. The van der Waals surface area contributed by atoms with E-state index < -0.39 is 5.60 Å². The van der Waals surface area contributed by atoms with Crippen molar-refractivity contribution in [3.8, 4) is 0 Å². The summed E-state index contributed by atoms with van der Waals surface area (Å²) in [5.74, 6) is 0. The second-order valence-electron chi connectivity index (χ2n) is 5.77. The van der Waals surface area contributed by atoms with Gasteiger partial charge in [0.1, 0.15) is 5.60 Å². The summed E-state index contributed by atoms with van der Waals surface area (Å²) in [6.07, 6.45) is -0.379. The van der Waals surface area contributed by atoms with Crippen molar-refractivity contribution in [1.82, 2.24) is 10.2 Å². The minimum atomic E-state index is -0.468. The van der Waals surface area contributed by atoms with E-state index in [4.69, 9.17) is 4.74 Å². The van der Waals surface area contributed by atoms with Crippen LogP contribution in [0.3, 0.4) is 0 Å². The van der Waals surface area contributed by atoms with E-state index >= 15 is 0 Å². The molecule has 0 fully saturated rings. The van der Waals surface area contributed by atoms with E-state index in [-0.39, 0.29) is 12.1 Å². The normalized spacial score (nSPS) is 13.2. The quantitative estimate of drug-likeness (QED) is 0.909. The summed E-state index contributed by atoms with van der Waals surface area (Å²) in [4.78, 5) is 13.7. The van der Waals surface area contributed by atoms with Crippen LogP contribution < -0.4 is 5.32 Å². The van der Waals surface area contributed by atoms with E-state index in [1.165, 1.54) is 5.56 Å². The Labute approximate surface area is 115 Å². The average Bonchev–Trinajstić information content (AvgIpc) is 2.27. The maximum Gasteiger partial charge on any atom is 0.407 e. The summed E-state index contributed by atoms with van der Waals surface area (Å²) in [6, 6.07) is 10.2. The molecule has 0 bridgehead atoms. The molecule has 0 radical (unpaired) electrons. The minimum absolute atomic E-state index is 0.133. The predicted molar refractivity (Wildman–Crippen MR) is 77.1 cm³/mol. The van der Waals surface area contributed by atoms with Crippen LogP contribution in [0.2, 0.25) is 0 Å². The zero-order valence-electron chi connectivity index (χ0n) is 12.4. The standard InChI is InChI=1S/C15H24N2O2/c1-15(2,3)19-14(18)16-11-13(17(4)5)12-9-7-6-8-10-12/h6-10,13H,11H2,1-5H3,(H,16,18)/t13-/m0/s1. The van der Waals surface area contributed by atoms with Crippen molar-refractivity contribution < 1.29 is 9.53 Å². The third kappa shape index (κ3) is 5.75. The van der Waals surface area contributed by atoms with Crippen LogP contribution >= 0.6 is 0 Å². The van der Waals surface area contributed by atoms with Gasteiger partial charge in [-0.25, -0.2) is 4.79 Å². The average molecular weight is 264 g/mol. The second-order valence-corrected chi connectivity index (χ2v) is 5.77. The molecule has 0 heterocycles. The highest BCUT2D eigenvalue weighted by molar-refractivity contribution is 5.67. The Morgan fingerprint density at radius 1 is 1.26 bits per heavy atom. The highest BCUT2D eigenvalue weighted by Crippen LogP contribution is 2.17. The number of hydrogen-bond acceptors (Lipinski definition) is 3. The number of ether oxygens (including phenoxy) is 1. The first-order chi connectivity index (χ1) is 8.79. The molecule has 0 spiro atoms. The number of rotatable bonds is 4. The highest BCUT2D eigenvalue weighted by Gasteiger charge is 2.19. The Balaban J connectivity index is 2.59. The van der Waals surface area contributed by atoms with Gasteiger partial charge in [-0.15, -0.1) is 0 Å². The first kappa shape index (κ1) is 15.5. The van der Waals surface area contributed by atoms with E-state index in [0.29, 0.717) is 6.54 Å². The van der Waals surface area contributed by atoms with E-state index in [1.807, 2.05) is 53.1 Å². The molecule has 1 aromatic carbocycles. The van der Waals surface area contributed by atoms with Crippen LogP contribution in [0.15, 0.2) is 30.3 Å². The van der Waals surface area contributed by atoms with Crippen LogP contribution in [0.1, 0.15) is 32.4 Å². The number of amides is 1. The fourth-order valence-corrected chi connectivity index (χ4v) is 1.77. The van der Waals surface area contributed by atoms with Gasteiger partial charge in [0.25, 0.3) is 0 Å². The summed E-state index contributed by atoms with van der Waals surface area (Å²) >= 11 is 0. The Hall–Kier alpha value is -1.55. The molecule has 0 aromatic heterocycles. The molecule has 0 aliphatic rings. The number of alkyl carbamates (subject to hydrolysis) is 1. The van der Waals surface area contributed by atoms with Crippen molar-refractivity contribution in [1.29, 1.82) is 0 Å². The maximum absolute atomic E-state index is 11.7. The molecule has 1 rings (SSSR count). The first-order valence-electron chi connectivity index (χ1n) is 6.48. The predicted octanol–water partition coefficient (Wildman–Crippen LogP) is 2.81. The third-order valence-corrected chi connectivity index (χ3v) is 2.65. The molecule has 4 nitrogen and oxygen atoms in total. The molecular formula is C15H24N2O2. The van der Waals surface area contributed by atoms with Gasteiger partial charge in [-0.1, -0.05) is 30.3 Å². The van der Waals surface area contributed by atoms with Gasteiger partial charge >= 0.3 is 6.09 Å². The van der Waals surface area contributed by atoms with Crippen LogP contribution in [-0.2, 0) is 4.74 Å². The molecule has 0 unspecified atom stereocenters. The van der Waals surface area contributed by atoms with E-state index in [2.05, 4.69) is 22.3 Å². The lowest BCUT2D eigenvalue weighted by atomic mass is 10.1. The number of carbonyl (C=O) groups is 1. The van der Waals surface area contributed by atoms with Gasteiger partial charge in [-0.2, -0.15) is 0 Å². The van der Waals surface area contributed by atoms with Crippen LogP contribution in [-0.4, -0.2) is 37.2 Å². The molecule has 0 saturated carbocycles. The summed E-state index contributed by atoms with van der Waals surface area (Å²) in [6.45, 7) is 6.08. The lowest BCUT2D eigenvalue weighted by molar-refractivity contribution is 0.0514. The number of nitrogens with zero attached hydrogens (tertiary/aromatic N) is 1. The molecule has 0 aliphatic carbocycles. The van der Waals surface area contributed by atoms with E-state index in [1.54, 1.807) is 0 Å². The third-order valence-electron chi connectivity index (χ3n) is 2.65. The number of carbonyl (C=O) groups excluding carboxylic acids is 1. The smallest absolute Gasteiger partial charge is 0.407 e. The molecule has 19 heavy (non-hydrogen) atoms. The van der Waals surface area contributed by atoms with Crippen molar-refractivity contribution in [3.05, 3.63) is 35.9 Å². The van der Waals surface area contributed by atoms with Gasteiger partial charge in [0, 0.05) is 6.54 Å². The molecule has 1 atom stereocenters. The van der Waals surface area contributed by atoms with E-state index in [9.17, 15) is 4.79 Å². The SMILES string of the molecule is CN(C)[C@@H](CNC(=O)OC(C)(C)C)c1ccccc1. The zero-order chi connectivity index (χ0) is 14.5. The Kier molecular flexibility index (Phi) is 5.36. The van der Waals surface area contributed by atoms with Crippen molar-refractivity contribution in [2.75, 3.05) is 20.6 Å². The number of nitrogens with one attached hydrogen (secondary N) is 1. The molecular weight excluding hydrogens is 240 g/mol. The maximum atomic E-state index is 11.7. The summed E-state index contributed by atoms with van der Waals surface area (Å²) in [5.41, 5.74) is 0.702. The molecule has 4 heteroatoms. The van der Waals surface area contributed by atoms with E-state index in [0.717, 1.165) is 0 Å². The molecule has 0 saturated heterocycles. The second kappa shape index (κ2) is 6.57. The monoisotopic (exact) mass is 264 g/mol. The van der Waals surface area contributed by atoms with Crippen LogP contribution in [0, 0.1) is 0 Å². The topological polar surface area (TPSA) is 41.6 Å². The van der Waals surface area contributed by atoms with Crippen LogP contribution in [0.25, 0.3) is 0 Å². The number of benzene rings is 1. The summed E-state index contributed by atoms with van der Waals surface area (Å²) in [7, 11) is 3.99. The molecule has 1 amide bonds. The van der Waals surface area contributed by atoms with Gasteiger partial charge in [0.2, 0.25) is 0 Å². The van der Waals surface area contributed by atoms with Gasteiger partial charge in [-0.3, -0.25) is 0 Å². The largest absolute Gasteiger partial charge is 0.444 e. The zero-order valence-corrected chi connectivity index (χ0v) is 12.4. The number of likely N-dealkylation sites (N-methyl/N-ethyl adjacent to an activating group) is 1. The van der Waals surface area contributed by atoms with Gasteiger partial charge in [-0.05, 0) is 40.4 Å². The molecule has 0 aliphatic heterocycles. The van der Waals surface area contributed by atoms with Crippen molar-refractivity contribution in [2.45, 2.75) is 32.4 Å². The Morgan fingerprint density at radius 3 is 2.32 bits per heavy atom. The van der Waals surface area contributed by atoms with Crippen LogP contribution in [0.5, 0.6) is 0 Å². The lowest BCUT2D eigenvalue weighted by Crippen LogP contribution is -2.38. The van der Waals surface area contributed by atoms with Crippen molar-refractivity contribution in [3.63, 3.8) is 0 Å². The molecule has 106 valence electrons. The van der Waals surface area contributed by atoms with Gasteiger partial charge in [0.15, 0.2) is 0 Å². The first-order valence-corrected chi connectivity index (χ1v) is 6.48. The minimum Gasteiger partial charge on any atom is -0.444 e. The fourth-order valence-electron chi connectivity index (χ4n) is 1.77. The lowest BCUT2D eigenvalue weighted by Gasteiger charge is -2.26. The van der Waals surface area contributed by atoms with Crippen molar-refractivity contribution >= 4 is 6.09 Å². The Morgan fingerprint density at radius 2 is 1.84 bits per heavy atom.